The van der Waals surface area contributed by atoms with Gasteiger partial charge in [-0.2, -0.15) is 0 Å². The molecule has 0 fully saturated rings. The molecule has 1 aromatic carbocycles. The maximum absolute atomic E-state index is 12.2. The van der Waals surface area contributed by atoms with Gasteiger partial charge in [-0.15, -0.1) is 0 Å². The zero-order valence-corrected chi connectivity index (χ0v) is 12.0. The molecule has 2 rings (SSSR count). The van der Waals surface area contributed by atoms with Crippen LogP contribution < -0.4 is 0 Å². The van der Waals surface area contributed by atoms with Crippen molar-refractivity contribution in [2.24, 2.45) is 0 Å². The molecule has 0 saturated heterocycles. The summed E-state index contributed by atoms with van der Waals surface area (Å²) >= 11 is 0. The number of methoxy groups -OCH3 is 1. The molecular weight excluding hydrogens is 274 g/mol. The van der Waals surface area contributed by atoms with Gasteiger partial charge in [-0.05, 0) is 25.5 Å². The summed E-state index contributed by atoms with van der Waals surface area (Å²) in [5.41, 5.74) is 1.31. The minimum atomic E-state index is -0.947. The Morgan fingerprint density at radius 3 is 2.52 bits per heavy atom. The molecule has 1 aliphatic rings. The molecule has 1 aromatic rings. The highest BCUT2D eigenvalue weighted by Crippen LogP contribution is 2.33. The zero-order chi connectivity index (χ0) is 15.5. The van der Waals surface area contributed by atoms with E-state index in [-0.39, 0.29) is 11.3 Å². The summed E-state index contributed by atoms with van der Waals surface area (Å²) < 4.78 is 10.9. The molecule has 0 bridgehead atoms. The first-order valence-electron chi connectivity index (χ1n) is 6.64. The summed E-state index contributed by atoms with van der Waals surface area (Å²) in [5.74, 6) is -1.49. The molecule has 6 nitrogen and oxygen atoms in total. The van der Waals surface area contributed by atoms with E-state index in [4.69, 9.17) is 9.47 Å². The second-order valence-corrected chi connectivity index (χ2v) is 5.07. The lowest BCUT2D eigenvalue weighted by atomic mass is 9.94. The number of esters is 1. The Labute approximate surface area is 122 Å². The average molecular weight is 291 g/mol. The van der Waals surface area contributed by atoms with Crippen LogP contribution in [0.15, 0.2) is 35.9 Å². The van der Waals surface area contributed by atoms with Gasteiger partial charge in [0.25, 0.3) is 5.69 Å². The molecule has 0 spiro atoms. The lowest BCUT2D eigenvalue weighted by Crippen LogP contribution is -2.39. The van der Waals surface area contributed by atoms with E-state index in [2.05, 4.69) is 6.08 Å². The van der Waals surface area contributed by atoms with Crippen molar-refractivity contribution in [3.05, 3.63) is 51.6 Å². The lowest BCUT2D eigenvalue weighted by Gasteiger charge is -2.34. The summed E-state index contributed by atoms with van der Waals surface area (Å²) in [6.07, 6.45) is 4.01. The third-order valence-electron chi connectivity index (χ3n) is 3.53. The molecule has 0 heterocycles. The highest BCUT2D eigenvalue weighted by Gasteiger charge is 2.36. The predicted octanol–water partition coefficient (Wildman–Crippen LogP) is 3.22. The third-order valence-corrected chi connectivity index (χ3v) is 3.53. The number of nitro benzene ring substituents is 1. The fraction of sp³-hybridized carbons (Fsp3) is 0.400. The van der Waals surface area contributed by atoms with E-state index in [0.29, 0.717) is 12.8 Å². The molecule has 112 valence electrons. The number of carbonyl (C=O) groups excluding carboxylic acids is 1. The van der Waals surface area contributed by atoms with E-state index in [1.165, 1.54) is 31.4 Å². The van der Waals surface area contributed by atoms with Gasteiger partial charge in [0.15, 0.2) is 0 Å². The fourth-order valence-corrected chi connectivity index (χ4v) is 2.37. The Hall–Kier alpha value is -2.21. The van der Waals surface area contributed by atoms with Crippen LogP contribution in [-0.2, 0) is 9.47 Å². The summed E-state index contributed by atoms with van der Waals surface area (Å²) in [6, 6.07) is 5.33. The van der Waals surface area contributed by atoms with E-state index >= 15 is 0 Å². The number of allylic oxidation sites excluding steroid dienone is 1. The molecule has 21 heavy (non-hydrogen) atoms. The van der Waals surface area contributed by atoms with E-state index < -0.39 is 16.7 Å². The molecule has 0 aliphatic heterocycles. The predicted molar refractivity (Wildman–Crippen MR) is 75.9 cm³/mol. The van der Waals surface area contributed by atoms with E-state index in [9.17, 15) is 14.9 Å². The van der Waals surface area contributed by atoms with Crippen LogP contribution in [0.2, 0.25) is 0 Å². The van der Waals surface area contributed by atoms with Gasteiger partial charge >= 0.3 is 5.97 Å². The number of benzene rings is 1. The Bertz CT molecular complexity index is 578. The van der Waals surface area contributed by atoms with Crippen LogP contribution in [-0.4, -0.2) is 23.8 Å². The number of nitro groups is 1. The highest BCUT2D eigenvalue weighted by atomic mass is 16.7. The molecule has 6 heteroatoms. The van der Waals surface area contributed by atoms with Gasteiger partial charge in [0.05, 0.1) is 10.5 Å². The maximum Gasteiger partial charge on any atom is 0.340 e. The van der Waals surface area contributed by atoms with E-state index in [1.54, 1.807) is 0 Å². The molecule has 0 N–H and O–H groups in total. The lowest BCUT2D eigenvalue weighted by molar-refractivity contribution is -0.384. The van der Waals surface area contributed by atoms with Crippen LogP contribution in [0.25, 0.3) is 0 Å². The first kappa shape index (κ1) is 15.2. The molecule has 0 radical (unpaired) electrons. The summed E-state index contributed by atoms with van der Waals surface area (Å²) in [5, 5.41) is 10.6. The SMILES string of the molecule is COC1(OC(=O)c2ccc([N+](=O)[O-])cc2)CCC=C(C)C1. The second-order valence-electron chi connectivity index (χ2n) is 5.07. The summed E-state index contributed by atoms with van der Waals surface area (Å²) in [6.45, 7) is 1.96. The molecule has 0 amide bonds. The maximum atomic E-state index is 12.2. The van der Waals surface area contributed by atoms with Gasteiger partial charge in [0.2, 0.25) is 5.79 Å². The number of hydrogen-bond donors (Lipinski definition) is 0. The van der Waals surface area contributed by atoms with Crippen molar-refractivity contribution in [3.63, 3.8) is 0 Å². The Balaban J connectivity index is 2.13. The minimum Gasteiger partial charge on any atom is -0.429 e. The first-order valence-corrected chi connectivity index (χ1v) is 6.64. The van der Waals surface area contributed by atoms with Gasteiger partial charge in [-0.25, -0.2) is 4.79 Å². The number of nitrogens with zero attached hydrogens (tertiary/aromatic N) is 1. The first-order chi connectivity index (χ1) is 9.96. The molecule has 1 unspecified atom stereocenters. The fourth-order valence-electron chi connectivity index (χ4n) is 2.37. The molecule has 0 aromatic heterocycles. The van der Waals surface area contributed by atoms with Crippen molar-refractivity contribution in [2.75, 3.05) is 7.11 Å². The Morgan fingerprint density at radius 1 is 1.33 bits per heavy atom. The molecule has 0 saturated carbocycles. The van der Waals surface area contributed by atoms with Crippen LogP contribution >= 0.6 is 0 Å². The van der Waals surface area contributed by atoms with Crippen LogP contribution in [0.5, 0.6) is 0 Å². The average Bonchev–Trinajstić information content (AvgIpc) is 2.47. The van der Waals surface area contributed by atoms with Crippen molar-refractivity contribution in [1.29, 1.82) is 0 Å². The van der Waals surface area contributed by atoms with Crippen molar-refractivity contribution in [1.82, 2.24) is 0 Å². The zero-order valence-electron chi connectivity index (χ0n) is 12.0. The van der Waals surface area contributed by atoms with Crippen molar-refractivity contribution in [3.8, 4) is 0 Å². The quantitative estimate of drug-likeness (QED) is 0.280. The number of rotatable bonds is 4. The molecular formula is C15H17NO5. The Kier molecular flexibility index (Phi) is 4.37. The molecule has 1 atom stereocenters. The largest absolute Gasteiger partial charge is 0.429 e. The molecule has 1 aliphatic carbocycles. The number of carbonyl (C=O) groups is 1. The number of hydrogen-bond acceptors (Lipinski definition) is 5. The van der Waals surface area contributed by atoms with Gasteiger partial charge in [0.1, 0.15) is 0 Å². The van der Waals surface area contributed by atoms with E-state index in [1.807, 2.05) is 6.92 Å². The normalized spacial score (nSPS) is 21.5. The second kappa shape index (κ2) is 6.05. The standard InChI is InChI=1S/C15H17NO5/c1-11-4-3-9-15(10-11,20-2)21-14(17)12-5-7-13(8-6-12)16(18)19/h4-8H,3,9-10H2,1-2H3. The van der Waals surface area contributed by atoms with Crippen LogP contribution in [0.3, 0.4) is 0 Å². The number of non-ortho nitro benzene ring substituents is 1. The van der Waals surface area contributed by atoms with Gasteiger partial charge in [-0.3, -0.25) is 10.1 Å². The van der Waals surface area contributed by atoms with Crippen LogP contribution in [0.1, 0.15) is 36.5 Å². The van der Waals surface area contributed by atoms with Crippen LogP contribution in [0, 0.1) is 10.1 Å². The van der Waals surface area contributed by atoms with Gasteiger partial charge in [0, 0.05) is 32.1 Å². The minimum absolute atomic E-state index is 0.0653. The van der Waals surface area contributed by atoms with Crippen molar-refractivity contribution in [2.45, 2.75) is 32.0 Å². The third kappa shape index (κ3) is 3.46. The smallest absolute Gasteiger partial charge is 0.340 e. The van der Waals surface area contributed by atoms with Crippen molar-refractivity contribution < 1.29 is 19.2 Å². The van der Waals surface area contributed by atoms with Gasteiger partial charge < -0.3 is 9.47 Å². The number of ether oxygens (including phenoxy) is 2. The highest BCUT2D eigenvalue weighted by molar-refractivity contribution is 5.89. The van der Waals surface area contributed by atoms with Gasteiger partial charge in [-0.1, -0.05) is 11.6 Å². The summed E-state index contributed by atoms with van der Waals surface area (Å²) in [4.78, 5) is 22.3. The van der Waals surface area contributed by atoms with Crippen LogP contribution in [0.4, 0.5) is 5.69 Å². The van der Waals surface area contributed by atoms with Crippen molar-refractivity contribution >= 4 is 11.7 Å². The topological polar surface area (TPSA) is 78.7 Å². The monoisotopic (exact) mass is 291 g/mol. The van der Waals surface area contributed by atoms with E-state index in [0.717, 1.165) is 12.0 Å². The Morgan fingerprint density at radius 2 is 2.00 bits per heavy atom. The summed E-state index contributed by atoms with van der Waals surface area (Å²) in [7, 11) is 1.52.